The standard InChI is InChI=1S/C23H20FNO5/c1-14-11-18(15(2)25(14)17-9-7-16(24)8-10-17)19(26)12-29-23(27)22-13-28-20-5-3-4-6-21(20)30-22/h3-11,22H,12-13H2,1-2H3/t22-/m0/s1. The van der Waals surface area contributed by atoms with Gasteiger partial charge in [0.05, 0.1) is 0 Å². The van der Waals surface area contributed by atoms with Crippen LogP contribution in [0.15, 0.2) is 54.6 Å². The summed E-state index contributed by atoms with van der Waals surface area (Å²) in [7, 11) is 0. The van der Waals surface area contributed by atoms with Crippen LogP contribution in [-0.2, 0) is 9.53 Å². The first-order valence-corrected chi connectivity index (χ1v) is 9.47. The number of aryl methyl sites for hydroxylation is 1. The van der Waals surface area contributed by atoms with Gasteiger partial charge in [-0.1, -0.05) is 12.1 Å². The number of Topliss-reactive ketones (excluding diaryl/α,β-unsaturated/α-hetero) is 1. The van der Waals surface area contributed by atoms with E-state index < -0.39 is 18.7 Å². The number of carbonyl (C=O) groups excluding carboxylic acids is 2. The zero-order chi connectivity index (χ0) is 21.3. The molecule has 0 radical (unpaired) electrons. The lowest BCUT2D eigenvalue weighted by atomic mass is 10.1. The maximum absolute atomic E-state index is 13.2. The van der Waals surface area contributed by atoms with Crippen molar-refractivity contribution in [3.05, 3.63) is 77.4 Å². The molecule has 1 aliphatic heterocycles. The van der Waals surface area contributed by atoms with Crippen LogP contribution in [0, 0.1) is 19.7 Å². The highest BCUT2D eigenvalue weighted by Gasteiger charge is 2.29. The molecular formula is C23H20FNO5. The molecule has 154 valence electrons. The SMILES string of the molecule is Cc1cc(C(=O)COC(=O)[C@@H]2COc3ccccc3O2)c(C)n1-c1ccc(F)cc1. The Kier molecular flexibility index (Phi) is 5.27. The Morgan fingerprint density at radius 2 is 1.80 bits per heavy atom. The number of rotatable bonds is 5. The molecule has 1 aliphatic rings. The van der Waals surface area contributed by atoms with E-state index in [1.165, 1.54) is 12.1 Å². The molecule has 0 fully saturated rings. The van der Waals surface area contributed by atoms with Crippen LogP contribution in [0.25, 0.3) is 5.69 Å². The maximum atomic E-state index is 13.2. The van der Waals surface area contributed by atoms with Crippen LogP contribution in [0.1, 0.15) is 21.7 Å². The van der Waals surface area contributed by atoms with Gasteiger partial charge in [0.1, 0.15) is 12.4 Å². The van der Waals surface area contributed by atoms with Crippen LogP contribution in [0.3, 0.4) is 0 Å². The number of halogens is 1. The molecule has 1 aromatic heterocycles. The first-order valence-electron chi connectivity index (χ1n) is 9.47. The number of aromatic nitrogens is 1. The van der Waals surface area contributed by atoms with Gasteiger partial charge < -0.3 is 18.8 Å². The Morgan fingerprint density at radius 3 is 2.53 bits per heavy atom. The highest BCUT2D eigenvalue weighted by atomic mass is 19.1. The molecule has 2 heterocycles. The van der Waals surface area contributed by atoms with Gasteiger partial charge in [0.25, 0.3) is 0 Å². The van der Waals surface area contributed by atoms with Gasteiger partial charge in [-0.15, -0.1) is 0 Å². The number of benzene rings is 2. The zero-order valence-electron chi connectivity index (χ0n) is 16.6. The third-order valence-corrected chi connectivity index (χ3v) is 4.93. The number of para-hydroxylation sites is 2. The number of ketones is 1. The topological polar surface area (TPSA) is 66.8 Å². The molecule has 6 nitrogen and oxygen atoms in total. The average Bonchev–Trinajstić information content (AvgIpc) is 3.06. The lowest BCUT2D eigenvalue weighted by Crippen LogP contribution is -2.38. The summed E-state index contributed by atoms with van der Waals surface area (Å²) in [5.41, 5.74) is 2.69. The van der Waals surface area contributed by atoms with E-state index >= 15 is 0 Å². The van der Waals surface area contributed by atoms with Crippen molar-refractivity contribution >= 4 is 11.8 Å². The molecule has 0 bridgehead atoms. The Labute approximate surface area is 172 Å². The van der Waals surface area contributed by atoms with Crippen LogP contribution < -0.4 is 9.47 Å². The van der Waals surface area contributed by atoms with Crippen molar-refractivity contribution in [2.75, 3.05) is 13.2 Å². The number of hydrogen-bond donors (Lipinski definition) is 0. The fourth-order valence-corrected chi connectivity index (χ4v) is 3.48. The highest BCUT2D eigenvalue weighted by Crippen LogP contribution is 2.31. The fraction of sp³-hybridized carbons (Fsp3) is 0.217. The third-order valence-electron chi connectivity index (χ3n) is 4.93. The molecule has 0 aliphatic carbocycles. The minimum Gasteiger partial charge on any atom is -0.485 e. The molecule has 30 heavy (non-hydrogen) atoms. The number of fused-ring (bicyclic) bond motifs is 1. The summed E-state index contributed by atoms with van der Waals surface area (Å²) in [6, 6.07) is 14.8. The highest BCUT2D eigenvalue weighted by molar-refractivity contribution is 5.99. The minimum atomic E-state index is -0.931. The monoisotopic (exact) mass is 409 g/mol. The normalized spacial score (nSPS) is 15.0. The van der Waals surface area contributed by atoms with Crippen molar-refractivity contribution in [2.24, 2.45) is 0 Å². The van der Waals surface area contributed by atoms with E-state index in [0.29, 0.717) is 22.8 Å². The first kappa shape index (κ1) is 19.7. The second kappa shape index (κ2) is 8.02. The maximum Gasteiger partial charge on any atom is 0.351 e. The summed E-state index contributed by atoms with van der Waals surface area (Å²) in [4.78, 5) is 25.0. The van der Waals surface area contributed by atoms with Gasteiger partial charge in [0.2, 0.25) is 11.9 Å². The van der Waals surface area contributed by atoms with Crippen molar-refractivity contribution in [3.8, 4) is 17.2 Å². The van der Waals surface area contributed by atoms with Gasteiger partial charge >= 0.3 is 5.97 Å². The predicted octanol–water partition coefficient (Wildman–Crippen LogP) is 3.80. The zero-order valence-corrected chi connectivity index (χ0v) is 16.6. The lowest BCUT2D eigenvalue weighted by molar-refractivity contribution is -0.153. The van der Waals surface area contributed by atoms with Crippen LogP contribution in [0.4, 0.5) is 4.39 Å². The molecule has 7 heteroatoms. The second-order valence-electron chi connectivity index (χ2n) is 6.99. The second-order valence-corrected chi connectivity index (χ2v) is 6.99. The quantitative estimate of drug-likeness (QED) is 0.474. The van der Waals surface area contributed by atoms with Gasteiger partial charge in [0, 0.05) is 22.6 Å². The fourth-order valence-electron chi connectivity index (χ4n) is 3.48. The van der Waals surface area contributed by atoms with Crippen molar-refractivity contribution < 1.29 is 28.2 Å². The van der Waals surface area contributed by atoms with Gasteiger partial charge in [-0.05, 0) is 56.3 Å². The smallest absolute Gasteiger partial charge is 0.351 e. The number of hydrogen-bond acceptors (Lipinski definition) is 5. The minimum absolute atomic E-state index is 0.0170. The van der Waals surface area contributed by atoms with Crippen molar-refractivity contribution in [1.29, 1.82) is 0 Å². The van der Waals surface area contributed by atoms with E-state index in [0.717, 1.165) is 11.4 Å². The molecule has 4 rings (SSSR count). The first-order chi connectivity index (χ1) is 14.4. The summed E-state index contributed by atoms with van der Waals surface area (Å²) in [5.74, 6) is -0.307. The Balaban J connectivity index is 1.43. The van der Waals surface area contributed by atoms with Crippen LogP contribution in [0.5, 0.6) is 11.5 Å². The molecule has 0 N–H and O–H groups in total. The predicted molar refractivity (Wildman–Crippen MR) is 107 cm³/mol. The van der Waals surface area contributed by atoms with Crippen molar-refractivity contribution in [3.63, 3.8) is 0 Å². The summed E-state index contributed by atoms with van der Waals surface area (Å²) >= 11 is 0. The molecule has 0 spiro atoms. The molecule has 0 saturated carbocycles. The third kappa shape index (κ3) is 3.78. The van der Waals surface area contributed by atoms with E-state index in [4.69, 9.17) is 14.2 Å². The molecule has 2 aromatic carbocycles. The van der Waals surface area contributed by atoms with E-state index in [1.54, 1.807) is 43.3 Å². The van der Waals surface area contributed by atoms with Crippen molar-refractivity contribution in [1.82, 2.24) is 4.57 Å². The Bertz CT molecular complexity index is 1100. The van der Waals surface area contributed by atoms with Gasteiger partial charge in [0.15, 0.2) is 18.1 Å². The molecule has 0 saturated heterocycles. The Morgan fingerprint density at radius 1 is 1.10 bits per heavy atom. The van der Waals surface area contributed by atoms with Crippen LogP contribution in [0.2, 0.25) is 0 Å². The Hall–Kier alpha value is -3.61. The number of ether oxygens (including phenoxy) is 3. The van der Waals surface area contributed by atoms with Gasteiger partial charge in [-0.2, -0.15) is 0 Å². The molecular weight excluding hydrogens is 389 g/mol. The van der Waals surface area contributed by atoms with Crippen LogP contribution in [-0.4, -0.2) is 35.6 Å². The average molecular weight is 409 g/mol. The summed E-state index contributed by atoms with van der Waals surface area (Å²) in [6.07, 6.45) is -0.931. The molecule has 0 unspecified atom stereocenters. The van der Waals surface area contributed by atoms with Crippen molar-refractivity contribution in [2.45, 2.75) is 20.0 Å². The number of nitrogens with zero attached hydrogens (tertiary/aromatic N) is 1. The lowest BCUT2D eigenvalue weighted by Gasteiger charge is -2.24. The molecule has 0 amide bonds. The van der Waals surface area contributed by atoms with E-state index in [9.17, 15) is 14.0 Å². The largest absolute Gasteiger partial charge is 0.485 e. The summed E-state index contributed by atoms with van der Waals surface area (Å²) in [5, 5.41) is 0. The summed E-state index contributed by atoms with van der Waals surface area (Å²) < 4.78 is 31.4. The van der Waals surface area contributed by atoms with Gasteiger partial charge in [-0.3, -0.25) is 4.79 Å². The van der Waals surface area contributed by atoms with E-state index in [-0.39, 0.29) is 18.2 Å². The van der Waals surface area contributed by atoms with E-state index in [1.807, 2.05) is 17.6 Å². The molecule has 1 atom stereocenters. The van der Waals surface area contributed by atoms with E-state index in [2.05, 4.69) is 0 Å². The summed E-state index contributed by atoms with van der Waals surface area (Å²) in [6.45, 7) is 3.25. The number of carbonyl (C=O) groups is 2. The number of esters is 1. The van der Waals surface area contributed by atoms with Crippen LogP contribution >= 0.6 is 0 Å². The van der Waals surface area contributed by atoms with Gasteiger partial charge in [-0.25, -0.2) is 9.18 Å². The molecule has 3 aromatic rings.